The lowest BCUT2D eigenvalue weighted by Gasteiger charge is -2.31. The second-order valence-electron chi connectivity index (χ2n) is 10.3. The number of nitrogens with one attached hydrogen (secondary N) is 1. The van der Waals surface area contributed by atoms with Gasteiger partial charge < -0.3 is 19.5 Å². The molecule has 3 rings (SSSR count). The van der Waals surface area contributed by atoms with E-state index in [2.05, 4.69) is 35.2 Å². The van der Waals surface area contributed by atoms with Crippen LogP contribution in [0.2, 0.25) is 0 Å². The summed E-state index contributed by atoms with van der Waals surface area (Å²) < 4.78 is 17.3. The van der Waals surface area contributed by atoms with Crippen molar-refractivity contribution in [1.29, 1.82) is 0 Å². The molecule has 2 heterocycles. The molecule has 1 fully saturated rings. The van der Waals surface area contributed by atoms with E-state index in [1.807, 2.05) is 53.7 Å². The predicted molar refractivity (Wildman–Crippen MR) is 133 cm³/mol. The van der Waals surface area contributed by atoms with Crippen molar-refractivity contribution in [2.24, 2.45) is 5.92 Å². The molecule has 1 aliphatic heterocycles. The van der Waals surface area contributed by atoms with Crippen LogP contribution in [-0.4, -0.2) is 47.0 Å². The van der Waals surface area contributed by atoms with Crippen LogP contribution in [0.25, 0.3) is 0 Å². The normalized spacial score (nSPS) is 18.1. The number of rotatable bonds is 9. The van der Waals surface area contributed by atoms with Gasteiger partial charge in [0.25, 0.3) is 0 Å². The van der Waals surface area contributed by atoms with Crippen LogP contribution in [0.5, 0.6) is 5.75 Å². The Labute approximate surface area is 203 Å². The van der Waals surface area contributed by atoms with Gasteiger partial charge in [0.15, 0.2) is 0 Å². The zero-order valence-electron chi connectivity index (χ0n) is 21.6. The van der Waals surface area contributed by atoms with E-state index in [1.165, 1.54) is 0 Å². The molecule has 0 spiro atoms. The number of carbonyl (C=O) groups is 1. The molecular weight excluding hydrogens is 432 g/mol. The Kier molecular flexibility index (Phi) is 8.02. The summed E-state index contributed by atoms with van der Waals surface area (Å²) in [5.41, 5.74) is 1.84. The number of hydrogen-bond acceptors (Lipinski definition) is 7. The van der Waals surface area contributed by atoms with Crippen molar-refractivity contribution in [2.75, 3.05) is 23.4 Å². The predicted octanol–water partition coefficient (Wildman–Crippen LogP) is 5.52. The summed E-state index contributed by atoms with van der Waals surface area (Å²) in [5.74, 6) is 2.29. The van der Waals surface area contributed by atoms with Crippen LogP contribution in [0.3, 0.4) is 0 Å². The van der Waals surface area contributed by atoms with Crippen molar-refractivity contribution in [3.05, 3.63) is 41.6 Å². The van der Waals surface area contributed by atoms with Gasteiger partial charge in [0.2, 0.25) is 5.95 Å². The molecule has 1 N–H and O–H groups in total. The third-order valence-corrected chi connectivity index (χ3v) is 5.49. The van der Waals surface area contributed by atoms with Gasteiger partial charge in [0.05, 0.1) is 24.4 Å². The van der Waals surface area contributed by atoms with E-state index < -0.39 is 6.09 Å². The summed E-state index contributed by atoms with van der Waals surface area (Å²) in [7, 11) is 0. The average Bonchev–Trinajstić information content (AvgIpc) is 3.13. The van der Waals surface area contributed by atoms with E-state index in [4.69, 9.17) is 14.2 Å². The van der Waals surface area contributed by atoms with Gasteiger partial charge in [-0.25, -0.2) is 9.78 Å². The Bertz CT molecular complexity index is 989. The van der Waals surface area contributed by atoms with Gasteiger partial charge in [-0.2, -0.15) is 4.98 Å². The molecule has 0 unspecified atom stereocenters. The maximum atomic E-state index is 12.5. The third kappa shape index (κ3) is 6.59. The molecule has 1 amide bonds. The molecule has 0 aliphatic carbocycles. The molecule has 8 heteroatoms. The summed E-state index contributed by atoms with van der Waals surface area (Å²) in [6.45, 7) is 17.2. The van der Waals surface area contributed by atoms with E-state index in [-0.39, 0.29) is 30.4 Å². The maximum Gasteiger partial charge on any atom is 0.416 e. The molecule has 1 saturated heterocycles. The first-order valence-corrected chi connectivity index (χ1v) is 11.9. The number of ether oxygens (including phenoxy) is 3. The van der Waals surface area contributed by atoms with Crippen molar-refractivity contribution in [3.63, 3.8) is 0 Å². The van der Waals surface area contributed by atoms with Gasteiger partial charge in [-0.1, -0.05) is 26.0 Å². The zero-order chi connectivity index (χ0) is 25.0. The number of cyclic esters (lactones) is 1. The average molecular weight is 471 g/mol. The monoisotopic (exact) mass is 470 g/mol. The van der Waals surface area contributed by atoms with E-state index in [9.17, 15) is 4.79 Å². The maximum absolute atomic E-state index is 12.5. The lowest BCUT2D eigenvalue weighted by Crippen LogP contribution is -2.45. The molecule has 1 aromatic carbocycles. The fraction of sp³-hybridized carbons (Fsp3) is 0.577. The second kappa shape index (κ2) is 10.6. The number of amides is 1. The van der Waals surface area contributed by atoms with E-state index >= 15 is 0 Å². The fourth-order valence-electron chi connectivity index (χ4n) is 3.87. The van der Waals surface area contributed by atoms with E-state index in [0.717, 1.165) is 16.9 Å². The third-order valence-electron chi connectivity index (χ3n) is 5.49. The Morgan fingerprint density at radius 2 is 1.94 bits per heavy atom. The number of nitrogens with zero attached hydrogens (tertiary/aromatic N) is 3. The molecule has 0 bridgehead atoms. The van der Waals surface area contributed by atoms with E-state index in [0.29, 0.717) is 24.3 Å². The van der Waals surface area contributed by atoms with Crippen molar-refractivity contribution in [2.45, 2.75) is 79.2 Å². The van der Waals surface area contributed by atoms with Crippen LogP contribution in [0.1, 0.15) is 65.6 Å². The molecule has 3 atom stereocenters. The van der Waals surface area contributed by atoms with E-state index in [1.54, 1.807) is 17.2 Å². The molecule has 34 heavy (non-hydrogen) atoms. The van der Waals surface area contributed by atoms with Gasteiger partial charge in [-0.3, -0.25) is 4.90 Å². The molecule has 2 aromatic rings. The van der Waals surface area contributed by atoms with Crippen LogP contribution >= 0.6 is 0 Å². The highest BCUT2D eigenvalue weighted by molar-refractivity contribution is 5.89. The lowest BCUT2D eigenvalue weighted by molar-refractivity contribution is -0.0618. The Morgan fingerprint density at radius 3 is 2.59 bits per heavy atom. The summed E-state index contributed by atoms with van der Waals surface area (Å²) in [6, 6.07) is 7.56. The summed E-state index contributed by atoms with van der Waals surface area (Å²) >= 11 is 0. The van der Waals surface area contributed by atoms with Gasteiger partial charge in [0, 0.05) is 6.20 Å². The molecular formula is C26H38N4O4. The highest BCUT2D eigenvalue weighted by atomic mass is 16.6. The van der Waals surface area contributed by atoms with Crippen LogP contribution in [0.4, 0.5) is 16.6 Å². The first kappa shape index (κ1) is 25.7. The summed E-state index contributed by atoms with van der Waals surface area (Å²) in [4.78, 5) is 23.1. The quantitative estimate of drug-likeness (QED) is 0.516. The molecule has 186 valence electrons. The molecule has 0 saturated carbocycles. The minimum absolute atomic E-state index is 0.0439. The number of hydrogen-bond donors (Lipinski definition) is 1. The first-order chi connectivity index (χ1) is 15.9. The molecule has 8 nitrogen and oxygen atoms in total. The summed E-state index contributed by atoms with van der Waals surface area (Å²) in [5, 5.41) is 3.34. The number of carbonyl (C=O) groups excluding carboxylic acids is 1. The Morgan fingerprint density at radius 1 is 1.21 bits per heavy atom. The van der Waals surface area contributed by atoms with Crippen molar-refractivity contribution >= 4 is 17.9 Å². The van der Waals surface area contributed by atoms with Crippen molar-refractivity contribution in [3.8, 4) is 5.75 Å². The standard InChI is InChI=1S/C26H38N4O4/c1-16(2)14-32-22-10-9-20(13-17(22)3)18(4)28-24-27-12-11-23(29-24)30-21(15-33-25(30)31)19(5)34-26(6,7)8/h9-13,16,18-19,21H,14-15H2,1-8H3,(H,27,28,29)/t18-,19+,21+/m0/s1. The Hall–Kier alpha value is -2.87. The minimum Gasteiger partial charge on any atom is -0.493 e. The molecule has 1 aromatic heterocycles. The largest absolute Gasteiger partial charge is 0.493 e. The SMILES string of the molecule is Cc1cc([C@H](C)Nc2nccc(N3C(=O)OC[C@@H]3[C@@H](C)OC(C)(C)C)n2)ccc1OCC(C)C. The van der Waals surface area contributed by atoms with Crippen LogP contribution in [0, 0.1) is 12.8 Å². The molecule has 1 aliphatic rings. The first-order valence-electron chi connectivity index (χ1n) is 11.9. The van der Waals surface area contributed by atoms with Gasteiger partial charge in [0.1, 0.15) is 24.2 Å². The van der Waals surface area contributed by atoms with Crippen molar-refractivity contribution in [1.82, 2.24) is 9.97 Å². The van der Waals surface area contributed by atoms with Gasteiger partial charge in [-0.05, 0) is 70.7 Å². The highest BCUT2D eigenvalue weighted by Crippen LogP contribution is 2.28. The van der Waals surface area contributed by atoms with Gasteiger partial charge >= 0.3 is 6.09 Å². The van der Waals surface area contributed by atoms with Crippen LogP contribution in [0.15, 0.2) is 30.5 Å². The number of anilines is 2. The Balaban J connectivity index is 1.73. The number of aryl methyl sites for hydroxylation is 1. The number of benzene rings is 1. The summed E-state index contributed by atoms with van der Waals surface area (Å²) in [6.07, 6.45) is 0.986. The second-order valence-corrected chi connectivity index (χ2v) is 10.3. The smallest absolute Gasteiger partial charge is 0.416 e. The fourth-order valence-corrected chi connectivity index (χ4v) is 3.87. The van der Waals surface area contributed by atoms with Gasteiger partial charge in [-0.15, -0.1) is 0 Å². The molecule has 0 radical (unpaired) electrons. The lowest BCUT2D eigenvalue weighted by atomic mass is 10.1. The topological polar surface area (TPSA) is 85.8 Å². The zero-order valence-corrected chi connectivity index (χ0v) is 21.6. The van der Waals surface area contributed by atoms with Crippen molar-refractivity contribution < 1.29 is 19.0 Å². The number of aromatic nitrogens is 2. The van der Waals surface area contributed by atoms with Crippen LogP contribution in [-0.2, 0) is 9.47 Å². The minimum atomic E-state index is -0.431. The highest BCUT2D eigenvalue weighted by Gasteiger charge is 2.40. The van der Waals surface area contributed by atoms with Crippen LogP contribution < -0.4 is 15.0 Å².